The Morgan fingerprint density at radius 1 is 1.36 bits per heavy atom. The van der Waals surface area contributed by atoms with Gasteiger partial charge in [-0.2, -0.15) is 0 Å². The number of hydrogen-bond donors (Lipinski definition) is 2. The second-order valence-electron chi connectivity index (χ2n) is 4.48. The van der Waals surface area contributed by atoms with Gasteiger partial charge in [0.2, 0.25) is 0 Å². The summed E-state index contributed by atoms with van der Waals surface area (Å²) < 4.78 is 36.9. The first-order valence-corrected chi connectivity index (χ1v) is 7.61. The minimum atomic E-state index is -4.04. The average molecular weight is 326 g/mol. The predicted octanol–water partition coefficient (Wildman–Crippen LogP) is 1.80. The number of rotatable bonds is 5. The Bertz CT molecular complexity index is 806. The predicted molar refractivity (Wildman–Crippen MR) is 76.7 cm³/mol. The highest BCUT2D eigenvalue weighted by molar-refractivity contribution is 7.92. The number of anilines is 1. The molecule has 1 heterocycles. The molecule has 0 saturated heterocycles. The van der Waals surface area contributed by atoms with Crippen molar-refractivity contribution in [1.82, 2.24) is 5.16 Å². The highest BCUT2D eigenvalue weighted by Crippen LogP contribution is 2.27. The highest BCUT2D eigenvalue weighted by Gasteiger charge is 2.26. The van der Waals surface area contributed by atoms with Gasteiger partial charge in [0.05, 0.1) is 18.4 Å². The minimum Gasteiger partial charge on any atom is -0.497 e. The first-order valence-electron chi connectivity index (χ1n) is 6.13. The van der Waals surface area contributed by atoms with E-state index in [2.05, 4.69) is 9.88 Å². The van der Waals surface area contributed by atoms with Gasteiger partial charge in [0.25, 0.3) is 10.0 Å². The number of ether oxygens (including phenoxy) is 1. The molecule has 2 N–H and O–H groups in total. The van der Waals surface area contributed by atoms with Crippen LogP contribution in [0.2, 0.25) is 0 Å². The molecule has 0 atom stereocenters. The third-order valence-corrected chi connectivity index (χ3v) is 4.55. The van der Waals surface area contributed by atoms with E-state index in [0.29, 0.717) is 5.75 Å². The fourth-order valence-electron chi connectivity index (χ4n) is 1.98. The van der Waals surface area contributed by atoms with E-state index < -0.39 is 16.0 Å². The smallest absolute Gasteiger partial charge is 0.337 e. The monoisotopic (exact) mass is 326 g/mol. The molecule has 1 aromatic carbocycles. The summed E-state index contributed by atoms with van der Waals surface area (Å²) in [7, 11) is -2.65. The van der Waals surface area contributed by atoms with Crippen molar-refractivity contribution in [3.05, 3.63) is 35.2 Å². The minimum absolute atomic E-state index is 0.105. The topological polar surface area (TPSA) is 119 Å². The van der Waals surface area contributed by atoms with Crippen molar-refractivity contribution < 1.29 is 27.6 Å². The van der Waals surface area contributed by atoms with Crippen molar-refractivity contribution in [2.75, 3.05) is 11.8 Å². The van der Waals surface area contributed by atoms with E-state index in [1.807, 2.05) is 0 Å². The van der Waals surface area contributed by atoms with Crippen molar-refractivity contribution >= 4 is 21.7 Å². The second-order valence-corrected chi connectivity index (χ2v) is 6.09. The molecule has 0 aliphatic heterocycles. The molecule has 0 bridgehead atoms. The second kappa shape index (κ2) is 5.68. The first-order chi connectivity index (χ1) is 10.3. The fraction of sp³-hybridized carbons (Fsp3) is 0.231. The lowest BCUT2D eigenvalue weighted by Gasteiger charge is -2.11. The number of methoxy groups -OCH3 is 1. The number of sulfonamides is 1. The van der Waals surface area contributed by atoms with Crippen LogP contribution >= 0.6 is 0 Å². The standard InChI is InChI=1S/C13H14N2O6S/c1-7-12(8(2)21-14-7)22(18,19)15-11-6-9(20-3)4-5-10(11)13(16)17/h4-6,15H,1-3H3,(H,16,17). The van der Waals surface area contributed by atoms with Gasteiger partial charge in [0.15, 0.2) is 10.7 Å². The Morgan fingerprint density at radius 3 is 2.55 bits per heavy atom. The van der Waals surface area contributed by atoms with Crippen LogP contribution in [0.4, 0.5) is 5.69 Å². The molecule has 0 aliphatic carbocycles. The molecular formula is C13H14N2O6S. The molecule has 2 aromatic rings. The van der Waals surface area contributed by atoms with Crippen molar-refractivity contribution in [3.63, 3.8) is 0 Å². The van der Waals surface area contributed by atoms with Crippen molar-refractivity contribution in [2.24, 2.45) is 0 Å². The van der Waals surface area contributed by atoms with Crippen LogP contribution in [0.25, 0.3) is 0 Å². The van der Waals surface area contributed by atoms with Gasteiger partial charge >= 0.3 is 5.97 Å². The summed E-state index contributed by atoms with van der Waals surface area (Å²) in [6.07, 6.45) is 0. The Kier molecular flexibility index (Phi) is 4.09. The summed E-state index contributed by atoms with van der Waals surface area (Å²) in [5.74, 6) is -0.828. The molecule has 9 heteroatoms. The summed E-state index contributed by atoms with van der Waals surface area (Å²) >= 11 is 0. The number of aromatic carboxylic acids is 1. The van der Waals surface area contributed by atoms with Gasteiger partial charge in [-0.15, -0.1) is 0 Å². The quantitative estimate of drug-likeness (QED) is 0.859. The maximum Gasteiger partial charge on any atom is 0.337 e. The zero-order valence-corrected chi connectivity index (χ0v) is 12.9. The van der Waals surface area contributed by atoms with Crippen LogP contribution in [0.3, 0.4) is 0 Å². The molecule has 0 spiro atoms. The number of aryl methyl sites for hydroxylation is 2. The van der Waals surface area contributed by atoms with Gasteiger partial charge < -0.3 is 14.4 Å². The molecule has 0 aliphatic rings. The van der Waals surface area contributed by atoms with E-state index in [1.165, 1.54) is 39.2 Å². The van der Waals surface area contributed by atoms with Crippen LogP contribution in [-0.2, 0) is 10.0 Å². The van der Waals surface area contributed by atoms with Crippen LogP contribution in [0.1, 0.15) is 21.8 Å². The zero-order chi connectivity index (χ0) is 16.5. The Balaban J connectivity index is 2.52. The molecule has 2 rings (SSSR count). The SMILES string of the molecule is COc1ccc(C(=O)O)c(NS(=O)(=O)c2c(C)noc2C)c1. The first kappa shape index (κ1) is 15.8. The van der Waals surface area contributed by atoms with Gasteiger partial charge in [-0.25, -0.2) is 13.2 Å². The van der Waals surface area contributed by atoms with Crippen LogP contribution in [0.15, 0.2) is 27.6 Å². The van der Waals surface area contributed by atoms with Crippen LogP contribution in [0, 0.1) is 13.8 Å². The lowest BCUT2D eigenvalue weighted by molar-refractivity contribution is 0.0698. The number of hydrogen-bond acceptors (Lipinski definition) is 6. The Labute approximate surface area is 126 Å². The highest BCUT2D eigenvalue weighted by atomic mass is 32.2. The number of nitrogens with zero attached hydrogens (tertiary/aromatic N) is 1. The van der Waals surface area contributed by atoms with E-state index in [0.717, 1.165) is 0 Å². The summed E-state index contributed by atoms with van der Waals surface area (Å²) in [4.78, 5) is 11.1. The summed E-state index contributed by atoms with van der Waals surface area (Å²) in [5, 5.41) is 12.7. The third-order valence-electron chi connectivity index (χ3n) is 2.94. The van der Waals surface area contributed by atoms with Crippen molar-refractivity contribution in [2.45, 2.75) is 18.7 Å². The molecule has 0 saturated carbocycles. The number of carboxylic acid groups (broad SMARTS) is 1. The van der Waals surface area contributed by atoms with E-state index >= 15 is 0 Å². The van der Waals surface area contributed by atoms with Gasteiger partial charge in [0, 0.05) is 6.07 Å². The Hall–Kier alpha value is -2.55. The van der Waals surface area contributed by atoms with Crippen LogP contribution in [0.5, 0.6) is 5.75 Å². The van der Waals surface area contributed by atoms with Gasteiger partial charge in [-0.3, -0.25) is 4.72 Å². The fourth-order valence-corrected chi connectivity index (χ4v) is 3.38. The van der Waals surface area contributed by atoms with Gasteiger partial charge in [-0.05, 0) is 26.0 Å². The lowest BCUT2D eigenvalue weighted by atomic mass is 10.2. The molecule has 0 unspecified atom stereocenters. The number of aromatic nitrogens is 1. The molecule has 0 fully saturated rings. The maximum absolute atomic E-state index is 12.4. The molecule has 0 amide bonds. The summed E-state index contributed by atoms with van der Waals surface area (Å²) in [6.45, 7) is 2.94. The van der Waals surface area contributed by atoms with E-state index in [1.54, 1.807) is 0 Å². The summed E-state index contributed by atoms with van der Waals surface area (Å²) in [5.41, 5.74) is -0.118. The zero-order valence-electron chi connectivity index (χ0n) is 12.1. The average Bonchev–Trinajstić information content (AvgIpc) is 2.77. The normalized spacial score (nSPS) is 11.2. The molecule has 8 nitrogen and oxygen atoms in total. The largest absolute Gasteiger partial charge is 0.497 e. The number of carbonyl (C=O) groups is 1. The van der Waals surface area contributed by atoms with Crippen molar-refractivity contribution in [1.29, 1.82) is 0 Å². The van der Waals surface area contributed by atoms with E-state index in [4.69, 9.17) is 14.4 Å². The number of benzene rings is 1. The molecule has 22 heavy (non-hydrogen) atoms. The van der Waals surface area contributed by atoms with E-state index in [9.17, 15) is 13.2 Å². The maximum atomic E-state index is 12.4. The van der Waals surface area contributed by atoms with Crippen molar-refractivity contribution in [3.8, 4) is 5.75 Å². The third kappa shape index (κ3) is 2.89. The number of nitrogens with one attached hydrogen (secondary N) is 1. The van der Waals surface area contributed by atoms with E-state index in [-0.39, 0.29) is 27.6 Å². The number of carboxylic acids is 1. The molecule has 1 aromatic heterocycles. The van der Waals surface area contributed by atoms with Crippen LogP contribution < -0.4 is 9.46 Å². The van der Waals surface area contributed by atoms with Gasteiger partial charge in [0.1, 0.15) is 11.4 Å². The lowest BCUT2D eigenvalue weighted by Crippen LogP contribution is -2.17. The Morgan fingerprint density at radius 2 is 2.05 bits per heavy atom. The summed E-state index contributed by atoms with van der Waals surface area (Å²) in [6, 6.07) is 3.97. The molecular weight excluding hydrogens is 312 g/mol. The van der Waals surface area contributed by atoms with Gasteiger partial charge in [-0.1, -0.05) is 5.16 Å². The van der Waals surface area contributed by atoms with Crippen LogP contribution in [-0.4, -0.2) is 31.8 Å². The molecule has 118 valence electrons. The molecule has 0 radical (unpaired) electrons.